The molecule has 0 aliphatic heterocycles. The highest BCUT2D eigenvalue weighted by Gasteiger charge is 2.22. The van der Waals surface area contributed by atoms with Gasteiger partial charge in [-0.15, -0.1) is 0 Å². The van der Waals surface area contributed by atoms with Crippen LogP contribution in [-0.4, -0.2) is 14.5 Å². The van der Waals surface area contributed by atoms with E-state index in [9.17, 15) is 8.42 Å². The zero-order chi connectivity index (χ0) is 9.28. The first kappa shape index (κ1) is 10.9. The van der Waals surface area contributed by atoms with Gasteiger partial charge in [-0.2, -0.15) is 13.1 Å². The van der Waals surface area contributed by atoms with Gasteiger partial charge in [0.2, 0.25) is 0 Å². The van der Waals surface area contributed by atoms with Crippen LogP contribution in [0.2, 0.25) is 0 Å². The Labute approximate surface area is 68.3 Å². The number of nitrogens with two attached hydrogens (primary N) is 1. The van der Waals surface area contributed by atoms with Crippen LogP contribution in [-0.2, 0) is 10.2 Å². The minimum atomic E-state index is -3.56. The highest BCUT2D eigenvalue weighted by Crippen LogP contribution is 2.18. The molecule has 0 amide bonds. The predicted molar refractivity (Wildman–Crippen MR) is 45.2 cm³/mol. The van der Waals surface area contributed by atoms with Crippen molar-refractivity contribution in [2.45, 2.75) is 33.7 Å². The van der Waals surface area contributed by atoms with Gasteiger partial charge in [0.15, 0.2) is 0 Å². The van der Waals surface area contributed by atoms with Crippen LogP contribution in [0.3, 0.4) is 0 Å². The maximum Gasteiger partial charge on any atom is 0.274 e. The molecule has 0 aromatic carbocycles. The number of nitrogens with one attached hydrogen (secondary N) is 1. The second-order valence-corrected chi connectivity index (χ2v) is 5.08. The molecule has 0 rings (SSSR count). The summed E-state index contributed by atoms with van der Waals surface area (Å²) in [4.78, 5) is 0. The predicted octanol–water partition coefficient (Wildman–Crippen LogP) is 0.214. The normalized spacial score (nSPS) is 16.5. The van der Waals surface area contributed by atoms with Crippen LogP contribution in [0.25, 0.3) is 0 Å². The van der Waals surface area contributed by atoms with Gasteiger partial charge in [-0.05, 0) is 12.3 Å². The third-order valence-electron chi connectivity index (χ3n) is 1.64. The van der Waals surface area contributed by atoms with E-state index in [-0.39, 0.29) is 11.5 Å². The summed E-state index contributed by atoms with van der Waals surface area (Å²) in [6.07, 6.45) is 0. The molecule has 0 spiro atoms. The molecule has 0 aromatic heterocycles. The molecule has 5 heteroatoms. The molecule has 0 aliphatic carbocycles. The molecular weight excluding hydrogens is 164 g/mol. The van der Waals surface area contributed by atoms with Crippen molar-refractivity contribution in [2.24, 2.45) is 10.6 Å². The van der Waals surface area contributed by atoms with Gasteiger partial charge in [0.25, 0.3) is 10.2 Å². The summed E-state index contributed by atoms with van der Waals surface area (Å²) >= 11 is 0. The van der Waals surface area contributed by atoms with E-state index in [1.807, 2.05) is 20.8 Å². The molecule has 1 unspecified atom stereocenters. The maximum absolute atomic E-state index is 10.6. The van der Waals surface area contributed by atoms with Crippen LogP contribution in [0.1, 0.15) is 27.7 Å². The zero-order valence-corrected chi connectivity index (χ0v) is 8.20. The first-order valence-corrected chi connectivity index (χ1v) is 4.97. The molecule has 68 valence electrons. The fourth-order valence-electron chi connectivity index (χ4n) is 0.423. The molecule has 3 N–H and O–H groups in total. The quantitative estimate of drug-likeness (QED) is 0.638. The third-order valence-corrected chi connectivity index (χ3v) is 2.32. The zero-order valence-electron chi connectivity index (χ0n) is 7.38. The van der Waals surface area contributed by atoms with Crippen molar-refractivity contribution in [2.75, 3.05) is 0 Å². The van der Waals surface area contributed by atoms with Crippen LogP contribution < -0.4 is 9.86 Å². The van der Waals surface area contributed by atoms with Crippen LogP contribution in [0, 0.1) is 5.41 Å². The lowest BCUT2D eigenvalue weighted by Gasteiger charge is -2.26. The average molecular weight is 180 g/mol. The van der Waals surface area contributed by atoms with Crippen LogP contribution in [0.15, 0.2) is 0 Å². The number of hydrogen-bond donors (Lipinski definition) is 2. The van der Waals surface area contributed by atoms with Crippen molar-refractivity contribution < 1.29 is 8.42 Å². The van der Waals surface area contributed by atoms with E-state index in [1.54, 1.807) is 6.92 Å². The lowest BCUT2D eigenvalue weighted by molar-refractivity contribution is 0.318. The van der Waals surface area contributed by atoms with E-state index in [0.29, 0.717) is 0 Å². The molecule has 0 bridgehead atoms. The Morgan fingerprint density at radius 3 is 1.82 bits per heavy atom. The molecule has 0 heterocycles. The van der Waals surface area contributed by atoms with E-state index in [4.69, 9.17) is 5.14 Å². The summed E-state index contributed by atoms with van der Waals surface area (Å²) in [5.41, 5.74) is -0.105. The summed E-state index contributed by atoms with van der Waals surface area (Å²) in [6.45, 7) is 7.60. The van der Waals surface area contributed by atoms with Crippen molar-refractivity contribution >= 4 is 10.2 Å². The molecule has 0 saturated carbocycles. The Morgan fingerprint density at radius 1 is 1.36 bits per heavy atom. The van der Waals surface area contributed by atoms with Crippen molar-refractivity contribution in [3.8, 4) is 0 Å². The largest absolute Gasteiger partial charge is 0.274 e. The van der Waals surface area contributed by atoms with Crippen LogP contribution in [0.4, 0.5) is 0 Å². The summed E-state index contributed by atoms with van der Waals surface area (Å²) in [7, 11) is -3.56. The average Bonchev–Trinajstić information content (AvgIpc) is 1.56. The summed E-state index contributed by atoms with van der Waals surface area (Å²) in [5.74, 6) is 0. The monoisotopic (exact) mass is 180 g/mol. The van der Waals surface area contributed by atoms with Gasteiger partial charge in [-0.1, -0.05) is 20.8 Å². The molecule has 11 heavy (non-hydrogen) atoms. The number of hydrogen-bond acceptors (Lipinski definition) is 2. The topological polar surface area (TPSA) is 72.2 Å². The maximum atomic E-state index is 10.6. The minimum Gasteiger partial charge on any atom is -0.216 e. The fourth-order valence-corrected chi connectivity index (χ4v) is 1.27. The lowest BCUT2D eigenvalue weighted by Crippen LogP contribution is -2.44. The van der Waals surface area contributed by atoms with Crippen molar-refractivity contribution in [1.82, 2.24) is 4.72 Å². The first-order chi connectivity index (χ1) is 4.63. The minimum absolute atomic E-state index is 0.105. The van der Waals surface area contributed by atoms with Crippen molar-refractivity contribution in [3.63, 3.8) is 0 Å². The van der Waals surface area contributed by atoms with Crippen LogP contribution >= 0.6 is 0 Å². The highest BCUT2D eigenvalue weighted by molar-refractivity contribution is 7.87. The summed E-state index contributed by atoms with van der Waals surface area (Å²) < 4.78 is 23.4. The summed E-state index contributed by atoms with van der Waals surface area (Å²) in [5, 5.41) is 4.79. The van der Waals surface area contributed by atoms with Crippen molar-refractivity contribution in [3.05, 3.63) is 0 Å². The smallest absolute Gasteiger partial charge is 0.216 e. The SMILES string of the molecule is CC(NS(N)(=O)=O)C(C)(C)C. The van der Waals surface area contributed by atoms with Gasteiger partial charge in [-0.25, -0.2) is 5.14 Å². The molecule has 0 fully saturated rings. The Morgan fingerprint density at radius 2 is 1.73 bits per heavy atom. The third kappa shape index (κ3) is 5.17. The molecule has 4 nitrogen and oxygen atoms in total. The standard InChI is InChI=1S/C6H16N2O2S/c1-5(6(2,3)4)8-11(7,9)10/h5,8H,1-4H3,(H2,7,9,10). The molecule has 1 atom stereocenters. The fraction of sp³-hybridized carbons (Fsp3) is 1.00. The summed E-state index contributed by atoms with van der Waals surface area (Å²) in [6, 6.07) is -0.155. The van der Waals surface area contributed by atoms with Gasteiger partial charge in [0, 0.05) is 6.04 Å². The second-order valence-electron chi connectivity index (χ2n) is 3.75. The Balaban J connectivity index is 4.21. The molecular formula is C6H16N2O2S. The Kier molecular flexibility index (Phi) is 3.05. The lowest BCUT2D eigenvalue weighted by atomic mass is 9.89. The van der Waals surface area contributed by atoms with E-state index < -0.39 is 10.2 Å². The van der Waals surface area contributed by atoms with Gasteiger partial charge >= 0.3 is 0 Å². The van der Waals surface area contributed by atoms with E-state index >= 15 is 0 Å². The molecule has 0 aromatic rings. The first-order valence-electron chi connectivity index (χ1n) is 3.43. The van der Waals surface area contributed by atoms with Gasteiger partial charge < -0.3 is 0 Å². The van der Waals surface area contributed by atoms with Gasteiger partial charge in [-0.3, -0.25) is 0 Å². The van der Waals surface area contributed by atoms with E-state index in [0.717, 1.165) is 0 Å². The Bertz CT molecular complexity index is 215. The van der Waals surface area contributed by atoms with E-state index in [1.165, 1.54) is 0 Å². The van der Waals surface area contributed by atoms with Gasteiger partial charge in [0.05, 0.1) is 0 Å². The number of rotatable bonds is 2. The molecule has 0 saturated heterocycles. The van der Waals surface area contributed by atoms with Crippen molar-refractivity contribution in [1.29, 1.82) is 0 Å². The van der Waals surface area contributed by atoms with E-state index in [2.05, 4.69) is 4.72 Å². The van der Waals surface area contributed by atoms with Crippen LogP contribution in [0.5, 0.6) is 0 Å². The highest BCUT2D eigenvalue weighted by atomic mass is 32.2. The Hall–Kier alpha value is -0.130. The van der Waals surface area contributed by atoms with Gasteiger partial charge in [0.1, 0.15) is 0 Å². The second kappa shape index (κ2) is 3.08. The molecule has 0 radical (unpaired) electrons. The molecule has 0 aliphatic rings.